The van der Waals surface area contributed by atoms with E-state index in [1.165, 1.54) is 12.1 Å². The van der Waals surface area contributed by atoms with Crippen molar-refractivity contribution in [2.75, 3.05) is 5.32 Å². The summed E-state index contributed by atoms with van der Waals surface area (Å²) in [5.41, 5.74) is 1.89. The summed E-state index contributed by atoms with van der Waals surface area (Å²) < 4.78 is 0. The van der Waals surface area contributed by atoms with Crippen LogP contribution >= 0.6 is 23.2 Å². The molecule has 0 spiro atoms. The van der Waals surface area contributed by atoms with E-state index in [-0.39, 0.29) is 17.3 Å². The van der Waals surface area contributed by atoms with Gasteiger partial charge in [-0.1, -0.05) is 65.7 Å². The Labute approximate surface area is 167 Å². The molecule has 0 aliphatic rings. The van der Waals surface area contributed by atoms with Crippen molar-refractivity contribution in [1.29, 1.82) is 0 Å². The number of rotatable bonds is 5. The van der Waals surface area contributed by atoms with Crippen LogP contribution in [-0.2, 0) is 4.79 Å². The highest BCUT2D eigenvalue weighted by Gasteiger charge is 2.17. The number of halogens is 2. The van der Waals surface area contributed by atoms with Crippen molar-refractivity contribution in [2.24, 2.45) is 0 Å². The van der Waals surface area contributed by atoms with Crippen LogP contribution in [0.4, 0.5) is 5.69 Å². The highest BCUT2D eigenvalue weighted by atomic mass is 35.5. The zero-order valence-corrected chi connectivity index (χ0v) is 15.7. The topological polar surface area (TPSA) is 46.2 Å². The molecule has 0 unspecified atom stereocenters. The maximum absolute atomic E-state index is 12.9. The van der Waals surface area contributed by atoms with Gasteiger partial charge in [-0.25, -0.2) is 0 Å². The van der Waals surface area contributed by atoms with Crippen molar-refractivity contribution < 1.29 is 9.59 Å². The largest absolute Gasteiger partial charge is 0.322 e. The monoisotopic (exact) mass is 395 g/mol. The van der Waals surface area contributed by atoms with Crippen LogP contribution in [0.1, 0.15) is 21.5 Å². The standard InChI is InChI=1S/C22H15Cl2NO2/c23-16-11-12-20(25-21(26)13-10-15-6-2-1-3-7-15)18(14-16)22(27)17-8-4-5-9-19(17)24/h1-14H,(H,25,26)/b13-10+. The van der Waals surface area contributed by atoms with Gasteiger partial charge in [-0.15, -0.1) is 0 Å². The van der Waals surface area contributed by atoms with E-state index in [2.05, 4.69) is 5.32 Å². The Hall–Kier alpha value is -2.88. The lowest BCUT2D eigenvalue weighted by atomic mass is 10.0. The van der Waals surface area contributed by atoms with Gasteiger partial charge in [-0.05, 0) is 42.0 Å². The molecule has 3 nitrogen and oxygen atoms in total. The van der Waals surface area contributed by atoms with Gasteiger partial charge in [0.25, 0.3) is 0 Å². The summed E-state index contributed by atoms with van der Waals surface area (Å²) in [5, 5.41) is 3.46. The van der Waals surface area contributed by atoms with Crippen LogP contribution < -0.4 is 5.32 Å². The lowest BCUT2D eigenvalue weighted by molar-refractivity contribution is -0.111. The van der Waals surface area contributed by atoms with E-state index in [4.69, 9.17) is 23.2 Å². The molecule has 0 fully saturated rings. The first-order chi connectivity index (χ1) is 13.0. The Morgan fingerprint density at radius 1 is 0.815 bits per heavy atom. The molecule has 0 aromatic heterocycles. The van der Waals surface area contributed by atoms with E-state index in [1.54, 1.807) is 42.5 Å². The van der Waals surface area contributed by atoms with Crippen molar-refractivity contribution >= 4 is 46.7 Å². The number of carbonyl (C=O) groups excluding carboxylic acids is 2. The van der Waals surface area contributed by atoms with E-state index in [1.807, 2.05) is 30.3 Å². The van der Waals surface area contributed by atoms with Gasteiger partial charge in [0, 0.05) is 22.2 Å². The third kappa shape index (κ3) is 4.85. The van der Waals surface area contributed by atoms with Gasteiger partial charge in [0.05, 0.1) is 10.7 Å². The van der Waals surface area contributed by atoms with Gasteiger partial charge >= 0.3 is 0 Å². The SMILES string of the molecule is O=C(/C=C/c1ccccc1)Nc1ccc(Cl)cc1C(=O)c1ccccc1Cl. The summed E-state index contributed by atoms with van der Waals surface area (Å²) in [5.74, 6) is -0.667. The molecule has 134 valence electrons. The minimum atomic E-state index is -0.352. The molecule has 3 aromatic carbocycles. The Bertz CT molecular complexity index is 1010. The summed E-state index contributed by atoms with van der Waals surface area (Å²) in [6, 6.07) is 20.9. The van der Waals surface area contributed by atoms with Crippen LogP contribution in [0.2, 0.25) is 10.0 Å². The third-order valence-corrected chi connectivity index (χ3v) is 4.39. The van der Waals surface area contributed by atoms with Gasteiger partial charge in [0.15, 0.2) is 5.78 Å². The van der Waals surface area contributed by atoms with Crippen LogP contribution in [-0.4, -0.2) is 11.7 Å². The molecule has 0 radical (unpaired) electrons. The number of hydrogen-bond donors (Lipinski definition) is 1. The van der Waals surface area contributed by atoms with E-state index >= 15 is 0 Å². The molecule has 0 aliphatic heterocycles. The second-order valence-electron chi connectivity index (χ2n) is 5.73. The summed E-state index contributed by atoms with van der Waals surface area (Å²) in [6.45, 7) is 0. The molecular formula is C22H15Cl2NO2. The summed E-state index contributed by atoms with van der Waals surface area (Å²) in [7, 11) is 0. The molecule has 0 atom stereocenters. The highest BCUT2D eigenvalue weighted by molar-refractivity contribution is 6.36. The molecule has 0 heterocycles. The van der Waals surface area contributed by atoms with Crippen molar-refractivity contribution in [2.45, 2.75) is 0 Å². The van der Waals surface area contributed by atoms with Crippen molar-refractivity contribution in [1.82, 2.24) is 0 Å². The van der Waals surface area contributed by atoms with Gasteiger partial charge < -0.3 is 5.32 Å². The van der Waals surface area contributed by atoms with Crippen molar-refractivity contribution in [3.8, 4) is 0 Å². The third-order valence-electron chi connectivity index (χ3n) is 3.83. The lowest BCUT2D eigenvalue weighted by Crippen LogP contribution is -2.13. The number of anilines is 1. The molecule has 1 N–H and O–H groups in total. The fraction of sp³-hybridized carbons (Fsp3) is 0. The number of nitrogens with one attached hydrogen (secondary N) is 1. The normalized spacial score (nSPS) is 10.7. The predicted octanol–water partition coefficient (Wildman–Crippen LogP) is 5.88. The van der Waals surface area contributed by atoms with Crippen LogP contribution in [0.25, 0.3) is 6.08 Å². The summed E-state index contributed by atoms with van der Waals surface area (Å²) >= 11 is 12.2. The molecule has 3 rings (SSSR count). The fourth-order valence-electron chi connectivity index (χ4n) is 2.51. The molecular weight excluding hydrogens is 381 g/mol. The predicted molar refractivity (Wildman–Crippen MR) is 110 cm³/mol. The van der Waals surface area contributed by atoms with Crippen LogP contribution in [0, 0.1) is 0 Å². The first kappa shape index (κ1) is 18.9. The summed E-state index contributed by atoms with van der Waals surface area (Å²) in [4.78, 5) is 25.2. The molecule has 0 saturated carbocycles. The van der Waals surface area contributed by atoms with Gasteiger partial charge in [0.1, 0.15) is 0 Å². The molecule has 0 saturated heterocycles. The zero-order chi connectivity index (χ0) is 19.2. The van der Waals surface area contributed by atoms with Crippen LogP contribution in [0.3, 0.4) is 0 Å². The molecule has 5 heteroatoms. The average molecular weight is 396 g/mol. The molecule has 3 aromatic rings. The minimum absolute atomic E-state index is 0.275. The number of ketones is 1. The van der Waals surface area contributed by atoms with Crippen LogP contribution in [0.15, 0.2) is 78.9 Å². The lowest BCUT2D eigenvalue weighted by Gasteiger charge is -2.11. The molecule has 1 amide bonds. The Morgan fingerprint density at radius 3 is 2.26 bits per heavy atom. The van der Waals surface area contributed by atoms with Gasteiger partial charge in [-0.2, -0.15) is 0 Å². The second-order valence-corrected chi connectivity index (χ2v) is 6.58. The van der Waals surface area contributed by atoms with Crippen molar-refractivity contribution in [3.05, 3.63) is 106 Å². The van der Waals surface area contributed by atoms with Crippen LogP contribution in [0.5, 0.6) is 0 Å². The summed E-state index contributed by atoms with van der Waals surface area (Å²) in [6.07, 6.45) is 3.11. The minimum Gasteiger partial charge on any atom is -0.322 e. The Morgan fingerprint density at radius 2 is 1.52 bits per heavy atom. The first-order valence-corrected chi connectivity index (χ1v) is 8.93. The number of carbonyl (C=O) groups is 2. The van der Waals surface area contributed by atoms with E-state index in [9.17, 15) is 9.59 Å². The highest BCUT2D eigenvalue weighted by Crippen LogP contribution is 2.26. The Kier molecular flexibility index (Phi) is 6.07. The fourth-order valence-corrected chi connectivity index (χ4v) is 2.91. The average Bonchev–Trinajstić information content (AvgIpc) is 2.68. The second kappa shape index (κ2) is 8.67. The maximum atomic E-state index is 12.9. The van der Waals surface area contributed by atoms with Gasteiger partial charge in [-0.3, -0.25) is 9.59 Å². The van der Waals surface area contributed by atoms with Crippen molar-refractivity contribution in [3.63, 3.8) is 0 Å². The number of benzene rings is 3. The first-order valence-electron chi connectivity index (χ1n) is 8.17. The molecule has 0 bridgehead atoms. The van der Waals surface area contributed by atoms with E-state index < -0.39 is 0 Å². The molecule has 0 aliphatic carbocycles. The Balaban J connectivity index is 1.86. The number of hydrogen-bond acceptors (Lipinski definition) is 2. The van der Waals surface area contributed by atoms with Gasteiger partial charge in [0.2, 0.25) is 5.91 Å². The number of amides is 1. The van der Waals surface area contributed by atoms with E-state index in [0.29, 0.717) is 21.3 Å². The molecule has 27 heavy (non-hydrogen) atoms. The maximum Gasteiger partial charge on any atom is 0.248 e. The zero-order valence-electron chi connectivity index (χ0n) is 14.2. The quantitative estimate of drug-likeness (QED) is 0.433. The smallest absolute Gasteiger partial charge is 0.248 e. The van der Waals surface area contributed by atoms with E-state index in [0.717, 1.165) is 5.56 Å².